The average Bonchev–Trinajstić information content (AvgIpc) is 3.21. The predicted octanol–water partition coefficient (Wildman–Crippen LogP) is 6.24. The van der Waals surface area contributed by atoms with E-state index in [-0.39, 0.29) is 5.91 Å². The van der Waals surface area contributed by atoms with Gasteiger partial charge in [0.2, 0.25) is 10.0 Å². The van der Waals surface area contributed by atoms with Gasteiger partial charge >= 0.3 is 0 Å². The molecule has 0 spiro atoms. The van der Waals surface area contributed by atoms with Gasteiger partial charge in [-0.15, -0.1) is 11.3 Å². The predicted molar refractivity (Wildman–Crippen MR) is 151 cm³/mol. The fourth-order valence-electron chi connectivity index (χ4n) is 3.88. The van der Waals surface area contributed by atoms with E-state index in [2.05, 4.69) is 23.9 Å². The Morgan fingerprint density at radius 1 is 0.972 bits per heavy atom. The number of thiophene rings is 1. The van der Waals surface area contributed by atoms with Crippen molar-refractivity contribution >= 4 is 71.5 Å². The molecular weight excluding hydrogens is 536 g/mol. The second kappa shape index (κ2) is 10.1. The van der Waals surface area contributed by atoms with Crippen LogP contribution in [0.4, 0.5) is 11.4 Å². The fraction of sp³-hybridized carbons (Fsp3) is 0.192. The standard InChI is InChI=1S/C26H25ClN2O4S3/c1-26(2,17-5-8-22(9-6-17)35(3)31)18-13-19(27)15-21(14-18)28-25(30)24-12-16-11-20(29-36(4,32)33)7-10-23(16)34-24/h5-15,29H,1-4H3,(H,28,30). The minimum Gasteiger partial charge on any atom is -0.612 e. The summed E-state index contributed by atoms with van der Waals surface area (Å²) in [6, 6.07) is 20.0. The summed E-state index contributed by atoms with van der Waals surface area (Å²) in [7, 11) is -3.39. The molecule has 10 heteroatoms. The fourth-order valence-corrected chi connectivity index (χ4v) is 6.13. The summed E-state index contributed by atoms with van der Waals surface area (Å²) in [5, 5.41) is 4.20. The Morgan fingerprint density at radius 3 is 2.31 bits per heavy atom. The number of nitrogens with one attached hydrogen (secondary N) is 2. The van der Waals surface area contributed by atoms with Crippen LogP contribution in [0.5, 0.6) is 0 Å². The summed E-state index contributed by atoms with van der Waals surface area (Å²) >= 11 is 6.70. The third-order valence-corrected chi connectivity index (χ3v) is 8.70. The zero-order valence-electron chi connectivity index (χ0n) is 20.1. The van der Waals surface area contributed by atoms with Gasteiger partial charge in [-0.05, 0) is 82.3 Å². The maximum atomic E-state index is 13.1. The van der Waals surface area contributed by atoms with Crippen LogP contribution >= 0.6 is 22.9 Å². The van der Waals surface area contributed by atoms with E-state index >= 15 is 0 Å². The molecule has 1 aromatic heterocycles. The van der Waals surface area contributed by atoms with Crippen LogP contribution in [0.25, 0.3) is 10.1 Å². The lowest BCUT2D eigenvalue weighted by Gasteiger charge is -2.27. The molecule has 2 N–H and O–H groups in total. The molecule has 1 heterocycles. The summed E-state index contributed by atoms with van der Waals surface area (Å²) in [6.45, 7) is 4.13. The minimum absolute atomic E-state index is 0.283. The number of anilines is 2. The van der Waals surface area contributed by atoms with E-state index in [1.54, 1.807) is 36.6 Å². The zero-order valence-corrected chi connectivity index (χ0v) is 23.3. The zero-order chi connectivity index (χ0) is 26.3. The summed E-state index contributed by atoms with van der Waals surface area (Å²) < 4.78 is 38.1. The second-order valence-corrected chi connectivity index (χ2v) is 13.7. The summed E-state index contributed by atoms with van der Waals surface area (Å²) in [4.78, 5) is 14.3. The number of carbonyl (C=O) groups is 1. The molecule has 4 rings (SSSR count). The largest absolute Gasteiger partial charge is 0.612 e. The SMILES string of the molecule is C[S+]([O-])c1ccc(C(C)(C)c2cc(Cl)cc(NC(=O)c3cc4cc(NS(C)(=O)=O)ccc4s3)c2)cc1. The Labute approximate surface area is 222 Å². The molecule has 0 saturated carbocycles. The van der Waals surface area contributed by atoms with Gasteiger partial charge in [0.05, 0.1) is 11.1 Å². The lowest BCUT2D eigenvalue weighted by molar-refractivity contribution is 0.103. The highest BCUT2D eigenvalue weighted by Crippen LogP contribution is 2.36. The maximum absolute atomic E-state index is 13.1. The van der Waals surface area contributed by atoms with Crippen LogP contribution in [0.3, 0.4) is 0 Å². The Kier molecular flexibility index (Phi) is 7.41. The van der Waals surface area contributed by atoms with Crippen molar-refractivity contribution in [2.45, 2.75) is 24.2 Å². The first-order chi connectivity index (χ1) is 16.8. The van der Waals surface area contributed by atoms with Crippen molar-refractivity contribution in [3.63, 3.8) is 0 Å². The quantitative estimate of drug-likeness (QED) is 0.261. The summed E-state index contributed by atoms with van der Waals surface area (Å²) in [5.41, 5.74) is 2.54. The molecule has 1 amide bonds. The highest BCUT2D eigenvalue weighted by molar-refractivity contribution is 7.92. The van der Waals surface area contributed by atoms with Crippen molar-refractivity contribution in [1.29, 1.82) is 0 Å². The maximum Gasteiger partial charge on any atom is 0.265 e. The Hall–Kier alpha value is -2.56. The smallest absolute Gasteiger partial charge is 0.265 e. The van der Waals surface area contributed by atoms with Gasteiger partial charge in [0.15, 0.2) is 4.90 Å². The van der Waals surface area contributed by atoms with Gasteiger partial charge in [-0.25, -0.2) is 8.42 Å². The molecule has 0 radical (unpaired) electrons. The molecule has 0 fully saturated rings. The van der Waals surface area contributed by atoms with Gasteiger partial charge in [-0.1, -0.05) is 37.6 Å². The number of halogens is 1. The molecular formula is C26H25ClN2O4S3. The van der Waals surface area contributed by atoms with Gasteiger partial charge in [0.1, 0.15) is 6.26 Å². The topological polar surface area (TPSA) is 98.3 Å². The van der Waals surface area contributed by atoms with Gasteiger partial charge in [-0.3, -0.25) is 9.52 Å². The van der Waals surface area contributed by atoms with E-state index in [9.17, 15) is 17.8 Å². The number of rotatable bonds is 7. The van der Waals surface area contributed by atoms with E-state index in [1.807, 2.05) is 36.4 Å². The van der Waals surface area contributed by atoms with Crippen LogP contribution < -0.4 is 10.0 Å². The molecule has 0 saturated heterocycles. The summed E-state index contributed by atoms with van der Waals surface area (Å²) in [5.74, 6) is -0.283. The van der Waals surface area contributed by atoms with Crippen molar-refractivity contribution in [1.82, 2.24) is 0 Å². The first kappa shape index (κ1) is 26.5. The van der Waals surface area contributed by atoms with Crippen molar-refractivity contribution < 1.29 is 17.8 Å². The van der Waals surface area contributed by atoms with Gasteiger partial charge in [0, 0.05) is 26.5 Å². The molecule has 0 bridgehead atoms. The van der Waals surface area contributed by atoms with Crippen LogP contribution in [0.1, 0.15) is 34.6 Å². The van der Waals surface area contributed by atoms with Crippen molar-refractivity contribution in [3.05, 3.63) is 87.8 Å². The molecule has 1 unspecified atom stereocenters. The molecule has 0 aliphatic heterocycles. The number of amides is 1. The lowest BCUT2D eigenvalue weighted by atomic mass is 9.78. The molecule has 3 aromatic carbocycles. The highest BCUT2D eigenvalue weighted by Gasteiger charge is 2.25. The van der Waals surface area contributed by atoms with Crippen molar-refractivity contribution in [3.8, 4) is 0 Å². The molecule has 0 aliphatic carbocycles. The van der Waals surface area contributed by atoms with Gasteiger partial charge in [-0.2, -0.15) is 0 Å². The Morgan fingerprint density at radius 2 is 1.67 bits per heavy atom. The normalized spacial score (nSPS) is 12.9. The molecule has 6 nitrogen and oxygen atoms in total. The van der Waals surface area contributed by atoms with E-state index < -0.39 is 26.6 Å². The highest BCUT2D eigenvalue weighted by atomic mass is 35.5. The van der Waals surface area contributed by atoms with Crippen molar-refractivity contribution in [2.24, 2.45) is 0 Å². The van der Waals surface area contributed by atoms with E-state index in [1.165, 1.54) is 11.3 Å². The monoisotopic (exact) mass is 560 g/mol. The average molecular weight is 561 g/mol. The molecule has 188 valence electrons. The first-order valence-electron chi connectivity index (χ1n) is 10.9. The molecule has 1 atom stereocenters. The van der Waals surface area contributed by atoms with Crippen LogP contribution in [0.2, 0.25) is 5.02 Å². The molecule has 36 heavy (non-hydrogen) atoms. The minimum atomic E-state index is -3.39. The van der Waals surface area contributed by atoms with E-state index in [4.69, 9.17) is 11.6 Å². The number of benzene rings is 3. The number of sulfonamides is 1. The summed E-state index contributed by atoms with van der Waals surface area (Å²) in [6.07, 6.45) is 2.74. The van der Waals surface area contributed by atoms with Crippen LogP contribution in [-0.2, 0) is 26.6 Å². The number of fused-ring (bicyclic) bond motifs is 1. The van der Waals surface area contributed by atoms with E-state index in [0.29, 0.717) is 21.3 Å². The number of hydrogen-bond acceptors (Lipinski definition) is 5. The second-order valence-electron chi connectivity index (χ2n) is 9.02. The van der Waals surface area contributed by atoms with E-state index in [0.717, 1.165) is 32.4 Å². The number of carbonyl (C=O) groups excluding carboxylic acids is 1. The first-order valence-corrected chi connectivity index (χ1v) is 15.5. The van der Waals surface area contributed by atoms with Crippen LogP contribution in [0.15, 0.2) is 71.6 Å². The number of hydrogen-bond donors (Lipinski definition) is 2. The van der Waals surface area contributed by atoms with Crippen molar-refractivity contribution in [2.75, 3.05) is 22.6 Å². The lowest BCUT2D eigenvalue weighted by Crippen LogP contribution is -2.20. The Bertz CT molecular complexity index is 1550. The third-order valence-electron chi connectivity index (χ3n) is 5.83. The van der Waals surface area contributed by atoms with Crippen LogP contribution in [0, 0.1) is 0 Å². The van der Waals surface area contributed by atoms with Crippen LogP contribution in [-0.4, -0.2) is 31.4 Å². The van der Waals surface area contributed by atoms with Gasteiger partial charge in [0.25, 0.3) is 5.91 Å². The molecule has 4 aromatic rings. The third kappa shape index (κ3) is 6.04. The Balaban J connectivity index is 1.59. The molecule has 0 aliphatic rings. The van der Waals surface area contributed by atoms with Gasteiger partial charge < -0.3 is 9.87 Å².